The number of nitrogens with zero attached hydrogens (tertiary/aromatic N) is 3. The molecule has 0 amide bonds. The van der Waals surface area contributed by atoms with Crippen LogP contribution in [0.25, 0.3) is 22.0 Å². The Morgan fingerprint density at radius 2 is 1.79 bits per heavy atom. The molecule has 1 saturated heterocycles. The van der Waals surface area contributed by atoms with Crippen LogP contribution in [0, 0.1) is 5.92 Å². The predicted octanol–water partition coefficient (Wildman–Crippen LogP) is 4.62. The number of hydrogen-bond donors (Lipinski definition) is 2. The number of phenols is 1. The van der Waals surface area contributed by atoms with E-state index in [1.54, 1.807) is 32.2 Å². The third-order valence-corrected chi connectivity index (χ3v) is 8.68. The Bertz CT molecular complexity index is 1250. The van der Waals surface area contributed by atoms with Crippen molar-refractivity contribution in [2.45, 2.75) is 44.4 Å². The highest BCUT2D eigenvalue weighted by Gasteiger charge is 2.33. The molecule has 3 aromatic rings. The SMILES string of the molecule is CC(C1CCN(c2c(C(C)(C)[SH](=O)=O)cnc3ccc(-c4ccccc4O)cc23)CC1)N(C)C. The smallest absolute Gasteiger partial charge is 0.149 e. The minimum Gasteiger partial charge on any atom is -0.507 e. The number of benzene rings is 2. The van der Waals surface area contributed by atoms with E-state index in [9.17, 15) is 13.5 Å². The van der Waals surface area contributed by atoms with Gasteiger partial charge < -0.3 is 14.9 Å². The molecule has 2 aromatic carbocycles. The van der Waals surface area contributed by atoms with Gasteiger partial charge in [0.05, 0.1) is 16.0 Å². The first-order valence-corrected chi connectivity index (χ1v) is 13.1. The summed E-state index contributed by atoms with van der Waals surface area (Å²) in [5.74, 6) is 0.817. The molecular weight excluding hydrogens is 446 g/mol. The molecule has 1 fully saturated rings. The largest absolute Gasteiger partial charge is 0.507 e. The second-order valence-electron chi connectivity index (χ2n) is 10.1. The molecule has 0 saturated carbocycles. The van der Waals surface area contributed by atoms with Gasteiger partial charge >= 0.3 is 0 Å². The number of aromatic hydroxyl groups is 1. The second kappa shape index (κ2) is 9.55. The average molecular weight is 482 g/mol. The van der Waals surface area contributed by atoms with Crippen LogP contribution >= 0.6 is 0 Å². The van der Waals surface area contributed by atoms with Crippen LogP contribution in [0.15, 0.2) is 48.7 Å². The van der Waals surface area contributed by atoms with E-state index >= 15 is 0 Å². The standard InChI is InChI=1S/C27H35N3O3S/c1-18(29(4)5)19-12-14-30(15-13-19)26-22-16-20(21-8-6-7-9-25(21)31)10-11-24(22)28-17-23(26)27(2,3)34(32)33/h6-11,16-19,31,34H,12-15H2,1-5H3. The van der Waals surface area contributed by atoms with Crippen LogP contribution in [0.4, 0.5) is 5.69 Å². The van der Waals surface area contributed by atoms with E-state index in [1.165, 1.54) is 0 Å². The van der Waals surface area contributed by atoms with Crippen LogP contribution in [0.3, 0.4) is 0 Å². The zero-order valence-corrected chi connectivity index (χ0v) is 21.5. The van der Waals surface area contributed by atoms with Gasteiger partial charge in [-0.25, -0.2) is 8.42 Å². The Morgan fingerprint density at radius 1 is 1.12 bits per heavy atom. The summed E-state index contributed by atoms with van der Waals surface area (Å²) in [7, 11) is 1.54. The van der Waals surface area contributed by atoms with Crippen LogP contribution in [0.2, 0.25) is 0 Å². The van der Waals surface area contributed by atoms with Crippen molar-refractivity contribution in [1.29, 1.82) is 0 Å². The van der Waals surface area contributed by atoms with Crippen molar-refractivity contribution < 1.29 is 13.5 Å². The van der Waals surface area contributed by atoms with E-state index < -0.39 is 15.5 Å². The van der Waals surface area contributed by atoms with Crippen molar-refractivity contribution >= 4 is 27.3 Å². The maximum atomic E-state index is 12.3. The summed E-state index contributed by atoms with van der Waals surface area (Å²) in [6.07, 6.45) is 3.83. The lowest BCUT2D eigenvalue weighted by molar-refractivity contribution is 0.199. The van der Waals surface area contributed by atoms with E-state index in [1.807, 2.05) is 30.3 Å². The van der Waals surface area contributed by atoms with Crippen molar-refractivity contribution in [3.05, 3.63) is 54.2 Å². The van der Waals surface area contributed by atoms with E-state index in [0.29, 0.717) is 12.0 Å². The number of piperidine rings is 1. The van der Waals surface area contributed by atoms with Crippen molar-refractivity contribution in [1.82, 2.24) is 9.88 Å². The fraction of sp³-hybridized carbons (Fsp3) is 0.444. The fourth-order valence-corrected chi connectivity index (χ4v) is 5.34. The maximum Gasteiger partial charge on any atom is 0.149 e. The first kappa shape index (κ1) is 24.5. The average Bonchev–Trinajstić information content (AvgIpc) is 2.82. The van der Waals surface area contributed by atoms with Crippen molar-refractivity contribution in [2.75, 3.05) is 32.1 Å². The summed E-state index contributed by atoms with van der Waals surface area (Å²) in [5.41, 5.74) is 4.12. The molecule has 4 rings (SSSR count). The Hall–Kier alpha value is -2.64. The van der Waals surface area contributed by atoms with Gasteiger partial charge in [0.2, 0.25) is 0 Å². The Kier molecular flexibility index (Phi) is 6.87. The first-order chi connectivity index (χ1) is 16.1. The van der Waals surface area contributed by atoms with Crippen LogP contribution in [0.5, 0.6) is 5.75 Å². The van der Waals surface area contributed by atoms with E-state index in [0.717, 1.165) is 59.2 Å². The molecule has 0 aliphatic carbocycles. The summed E-state index contributed by atoms with van der Waals surface area (Å²) < 4.78 is 23.5. The lowest BCUT2D eigenvalue weighted by Gasteiger charge is -2.40. The summed E-state index contributed by atoms with van der Waals surface area (Å²) in [6, 6.07) is 13.7. The highest BCUT2D eigenvalue weighted by molar-refractivity contribution is 7.73. The summed E-state index contributed by atoms with van der Waals surface area (Å²) in [5, 5.41) is 11.3. The minimum absolute atomic E-state index is 0.217. The van der Waals surface area contributed by atoms with Crippen molar-refractivity contribution in [2.24, 2.45) is 5.92 Å². The van der Waals surface area contributed by atoms with Gasteiger partial charge in [-0.2, -0.15) is 0 Å². The molecule has 1 aliphatic heterocycles. The van der Waals surface area contributed by atoms with Gasteiger partial charge in [-0.05, 0) is 77.4 Å². The summed E-state index contributed by atoms with van der Waals surface area (Å²) in [6.45, 7) is 7.50. The van der Waals surface area contributed by atoms with Gasteiger partial charge in [0.1, 0.15) is 16.5 Å². The number of thiol groups is 1. The number of hydrogen-bond acceptors (Lipinski definition) is 6. The van der Waals surface area contributed by atoms with Gasteiger partial charge in [0.25, 0.3) is 0 Å². The van der Waals surface area contributed by atoms with Gasteiger partial charge in [0, 0.05) is 41.8 Å². The Labute approximate surface area is 204 Å². The monoisotopic (exact) mass is 481 g/mol. The van der Waals surface area contributed by atoms with Crippen LogP contribution < -0.4 is 4.90 Å². The number of pyridine rings is 1. The number of rotatable bonds is 6. The van der Waals surface area contributed by atoms with Gasteiger partial charge in [0.15, 0.2) is 0 Å². The number of anilines is 1. The minimum atomic E-state index is -2.71. The predicted molar refractivity (Wildman–Crippen MR) is 140 cm³/mol. The van der Waals surface area contributed by atoms with E-state index in [2.05, 4.69) is 35.8 Å². The van der Waals surface area contributed by atoms with Crippen LogP contribution in [0.1, 0.15) is 39.2 Å². The highest BCUT2D eigenvalue weighted by Crippen LogP contribution is 2.41. The van der Waals surface area contributed by atoms with Crippen LogP contribution in [-0.4, -0.2) is 56.6 Å². The third-order valence-electron chi connectivity index (χ3n) is 7.52. The number of fused-ring (bicyclic) bond motifs is 1. The number of para-hydroxylation sites is 1. The molecule has 0 radical (unpaired) electrons. The highest BCUT2D eigenvalue weighted by atomic mass is 32.2. The third kappa shape index (κ3) is 4.51. The molecule has 0 bridgehead atoms. The summed E-state index contributed by atoms with van der Waals surface area (Å²) >= 11 is 0. The normalized spacial score (nSPS) is 16.5. The zero-order valence-electron chi connectivity index (χ0n) is 20.7. The molecule has 2 heterocycles. The molecule has 7 heteroatoms. The van der Waals surface area contributed by atoms with Gasteiger partial charge in [-0.1, -0.05) is 24.3 Å². The zero-order chi connectivity index (χ0) is 24.6. The lowest BCUT2D eigenvalue weighted by atomic mass is 9.88. The molecule has 34 heavy (non-hydrogen) atoms. The molecular formula is C27H35N3O3S. The van der Waals surface area contributed by atoms with Crippen molar-refractivity contribution in [3.63, 3.8) is 0 Å². The maximum absolute atomic E-state index is 12.3. The molecule has 6 nitrogen and oxygen atoms in total. The number of phenolic OH excluding ortho intramolecular Hbond substituents is 1. The molecule has 1 aliphatic rings. The van der Waals surface area contributed by atoms with E-state index in [4.69, 9.17) is 0 Å². The Balaban J connectivity index is 1.86. The summed E-state index contributed by atoms with van der Waals surface area (Å²) in [4.78, 5) is 9.26. The number of aromatic nitrogens is 1. The fourth-order valence-electron chi connectivity index (χ4n) is 4.98. The lowest BCUT2D eigenvalue weighted by Crippen LogP contribution is -2.42. The Morgan fingerprint density at radius 3 is 2.41 bits per heavy atom. The molecule has 1 atom stereocenters. The quantitative estimate of drug-likeness (QED) is 0.501. The molecule has 0 spiro atoms. The van der Waals surface area contributed by atoms with Gasteiger partial charge in [-0.15, -0.1) is 0 Å². The topological polar surface area (TPSA) is 73.7 Å². The molecule has 1 unspecified atom stereocenters. The van der Waals surface area contributed by atoms with Crippen LogP contribution in [-0.2, 0) is 15.5 Å². The molecule has 1 aromatic heterocycles. The van der Waals surface area contributed by atoms with Gasteiger partial charge in [-0.3, -0.25) is 4.98 Å². The molecule has 182 valence electrons. The molecule has 1 N–H and O–H groups in total. The van der Waals surface area contributed by atoms with Crippen molar-refractivity contribution in [3.8, 4) is 16.9 Å². The first-order valence-electron chi connectivity index (χ1n) is 11.9. The second-order valence-corrected chi connectivity index (χ2v) is 11.7. The van der Waals surface area contributed by atoms with E-state index in [-0.39, 0.29) is 5.75 Å².